The fourth-order valence-corrected chi connectivity index (χ4v) is 3.30. The molecule has 0 saturated heterocycles. The Morgan fingerprint density at radius 2 is 1.70 bits per heavy atom. The van der Waals surface area contributed by atoms with E-state index >= 15 is 0 Å². The van der Waals surface area contributed by atoms with Gasteiger partial charge in [-0.15, -0.1) is 0 Å². The summed E-state index contributed by atoms with van der Waals surface area (Å²) in [7, 11) is 1.86. The van der Waals surface area contributed by atoms with E-state index in [-0.39, 0.29) is 9.92 Å². The fourth-order valence-electron chi connectivity index (χ4n) is 2.25. The minimum absolute atomic E-state index is 0.178. The molecule has 0 bridgehead atoms. The summed E-state index contributed by atoms with van der Waals surface area (Å²) in [6, 6.07) is 17.3. The van der Waals surface area contributed by atoms with Crippen molar-refractivity contribution >= 4 is 37.8 Å². The second kappa shape index (κ2) is 4.94. The number of nitro groups is 1. The molecule has 0 amide bonds. The monoisotopic (exact) mass is 284 g/mol. The normalized spacial score (nSPS) is 10.7. The van der Waals surface area contributed by atoms with Crippen molar-refractivity contribution in [3.05, 3.63) is 64.7 Å². The minimum atomic E-state index is -0.306. The first-order chi connectivity index (χ1) is 9.68. The van der Waals surface area contributed by atoms with Gasteiger partial charge in [-0.05, 0) is 18.2 Å². The van der Waals surface area contributed by atoms with Gasteiger partial charge in [0.05, 0.1) is 4.92 Å². The number of para-hydroxylation sites is 1. The summed E-state index contributed by atoms with van der Waals surface area (Å²) in [6.07, 6.45) is 0. The van der Waals surface area contributed by atoms with Crippen molar-refractivity contribution in [1.29, 1.82) is 0 Å². The van der Waals surface area contributed by atoms with Gasteiger partial charge in [0.25, 0.3) is 0 Å². The van der Waals surface area contributed by atoms with Gasteiger partial charge in [0.2, 0.25) is 0 Å². The average molecular weight is 284 g/mol. The molecule has 0 radical (unpaired) electrons. The van der Waals surface area contributed by atoms with Gasteiger partial charge in [0.1, 0.15) is 5.69 Å². The maximum atomic E-state index is 11.3. The Kier molecular flexibility index (Phi) is 3.12. The number of hydrogen-bond acceptors (Lipinski definition) is 4. The van der Waals surface area contributed by atoms with Crippen molar-refractivity contribution in [2.45, 2.75) is 0 Å². The Morgan fingerprint density at radius 3 is 2.40 bits per heavy atom. The molecule has 0 unspecified atom stereocenters. The number of fused-ring (bicyclic) bond motifs is 1. The maximum absolute atomic E-state index is 11.3. The van der Waals surface area contributed by atoms with Gasteiger partial charge >= 0.3 is 5.00 Å². The fraction of sp³-hybridized carbons (Fsp3) is 0.0667. The summed E-state index contributed by atoms with van der Waals surface area (Å²) in [4.78, 5) is 12.9. The summed E-state index contributed by atoms with van der Waals surface area (Å²) in [5.74, 6) is 0. The van der Waals surface area contributed by atoms with Crippen LogP contribution in [0.3, 0.4) is 0 Å². The van der Waals surface area contributed by atoms with Gasteiger partial charge in [-0.3, -0.25) is 10.1 Å². The molecule has 2 aromatic carbocycles. The van der Waals surface area contributed by atoms with E-state index in [4.69, 9.17) is 0 Å². The van der Waals surface area contributed by atoms with Gasteiger partial charge in [0.15, 0.2) is 0 Å². The molecule has 3 aromatic rings. The van der Waals surface area contributed by atoms with Crippen molar-refractivity contribution in [2.24, 2.45) is 0 Å². The molecule has 0 aliphatic heterocycles. The summed E-state index contributed by atoms with van der Waals surface area (Å²) in [6.45, 7) is 0. The highest BCUT2D eigenvalue weighted by atomic mass is 32.1. The molecule has 1 heterocycles. The highest BCUT2D eigenvalue weighted by Crippen LogP contribution is 2.45. The molecule has 0 spiro atoms. The van der Waals surface area contributed by atoms with Gasteiger partial charge in [-0.2, -0.15) is 0 Å². The van der Waals surface area contributed by atoms with E-state index in [1.54, 1.807) is 0 Å². The Morgan fingerprint density at radius 1 is 1.05 bits per heavy atom. The van der Waals surface area contributed by atoms with Crippen LogP contribution in [0.25, 0.3) is 10.1 Å². The maximum Gasteiger partial charge on any atom is 0.348 e. The van der Waals surface area contributed by atoms with E-state index in [0.29, 0.717) is 5.69 Å². The number of nitrogens with zero attached hydrogens (tertiary/aromatic N) is 2. The third-order valence-corrected chi connectivity index (χ3v) is 4.31. The lowest BCUT2D eigenvalue weighted by molar-refractivity contribution is -0.379. The summed E-state index contributed by atoms with van der Waals surface area (Å²) < 4.78 is 0.928. The molecular formula is C15H12N2O2S. The van der Waals surface area contributed by atoms with Gasteiger partial charge in [-0.1, -0.05) is 47.7 Å². The topological polar surface area (TPSA) is 46.4 Å². The first-order valence-electron chi connectivity index (χ1n) is 6.13. The second-order valence-electron chi connectivity index (χ2n) is 4.40. The van der Waals surface area contributed by atoms with E-state index in [0.717, 1.165) is 15.8 Å². The molecule has 0 atom stereocenters. The molecule has 20 heavy (non-hydrogen) atoms. The third-order valence-electron chi connectivity index (χ3n) is 3.20. The van der Waals surface area contributed by atoms with Crippen molar-refractivity contribution in [3.63, 3.8) is 0 Å². The van der Waals surface area contributed by atoms with Crippen LogP contribution in [0.4, 0.5) is 16.4 Å². The van der Waals surface area contributed by atoms with Crippen LogP contribution in [0.15, 0.2) is 54.6 Å². The number of hydrogen-bond donors (Lipinski definition) is 0. The van der Waals surface area contributed by atoms with Crippen LogP contribution in [0, 0.1) is 10.1 Å². The number of anilines is 2. The molecule has 3 rings (SSSR count). The molecule has 0 fully saturated rings. The zero-order chi connectivity index (χ0) is 14.1. The zero-order valence-electron chi connectivity index (χ0n) is 10.8. The van der Waals surface area contributed by atoms with Gasteiger partial charge in [-0.25, -0.2) is 0 Å². The highest BCUT2D eigenvalue weighted by Gasteiger charge is 2.24. The standard InChI is InChI=1S/C15H12N2O2S/c1-16(11-7-3-2-4-8-11)14-12-9-5-6-10-13(12)20-15(14)17(18)19/h2-10H,1H3. The molecule has 0 aliphatic carbocycles. The molecule has 0 saturated carbocycles. The first-order valence-corrected chi connectivity index (χ1v) is 6.95. The third kappa shape index (κ3) is 2.02. The summed E-state index contributed by atoms with van der Waals surface area (Å²) >= 11 is 1.21. The zero-order valence-corrected chi connectivity index (χ0v) is 11.6. The van der Waals surface area contributed by atoms with E-state index in [1.807, 2.05) is 66.5 Å². The van der Waals surface area contributed by atoms with Crippen LogP contribution in [-0.4, -0.2) is 12.0 Å². The SMILES string of the molecule is CN(c1ccccc1)c1c([N+](=O)[O-])sc2ccccc12. The predicted octanol–water partition coefficient (Wildman–Crippen LogP) is 4.58. The molecular weight excluding hydrogens is 272 g/mol. The quantitative estimate of drug-likeness (QED) is 0.522. The minimum Gasteiger partial charge on any atom is -0.338 e. The van der Waals surface area contributed by atoms with Crippen molar-refractivity contribution in [3.8, 4) is 0 Å². The molecule has 100 valence electrons. The smallest absolute Gasteiger partial charge is 0.338 e. The molecule has 0 N–H and O–H groups in total. The first kappa shape index (κ1) is 12.6. The van der Waals surface area contributed by atoms with Crippen molar-refractivity contribution in [2.75, 3.05) is 11.9 Å². The van der Waals surface area contributed by atoms with Crippen LogP contribution >= 0.6 is 11.3 Å². The number of rotatable bonds is 3. The number of thiophene rings is 1. The Labute approximate surface area is 120 Å². The second-order valence-corrected chi connectivity index (χ2v) is 5.43. The van der Waals surface area contributed by atoms with Crippen molar-refractivity contribution < 1.29 is 4.92 Å². The van der Waals surface area contributed by atoms with Crippen LogP contribution in [0.5, 0.6) is 0 Å². The lowest BCUT2D eigenvalue weighted by Crippen LogP contribution is -2.10. The largest absolute Gasteiger partial charge is 0.348 e. The molecule has 4 nitrogen and oxygen atoms in total. The lowest BCUT2D eigenvalue weighted by Gasteiger charge is -2.17. The highest BCUT2D eigenvalue weighted by molar-refractivity contribution is 7.23. The molecule has 1 aromatic heterocycles. The van der Waals surface area contributed by atoms with E-state index in [1.165, 1.54) is 11.3 Å². The number of benzene rings is 2. The van der Waals surface area contributed by atoms with Gasteiger partial charge in [0, 0.05) is 22.8 Å². The Bertz CT molecular complexity index is 768. The predicted molar refractivity (Wildman–Crippen MR) is 83.0 cm³/mol. The Hall–Kier alpha value is -2.40. The van der Waals surface area contributed by atoms with Gasteiger partial charge < -0.3 is 4.90 Å². The molecule has 0 aliphatic rings. The van der Waals surface area contributed by atoms with E-state index in [9.17, 15) is 10.1 Å². The lowest BCUT2D eigenvalue weighted by atomic mass is 10.2. The average Bonchev–Trinajstić information content (AvgIpc) is 2.87. The van der Waals surface area contributed by atoms with E-state index < -0.39 is 0 Å². The summed E-state index contributed by atoms with van der Waals surface area (Å²) in [5, 5.41) is 12.4. The molecule has 5 heteroatoms. The van der Waals surface area contributed by atoms with Crippen LogP contribution in [0.2, 0.25) is 0 Å². The summed E-state index contributed by atoms with van der Waals surface area (Å²) in [5.41, 5.74) is 1.58. The van der Waals surface area contributed by atoms with Crippen LogP contribution in [0.1, 0.15) is 0 Å². The van der Waals surface area contributed by atoms with Crippen molar-refractivity contribution in [1.82, 2.24) is 0 Å². The van der Waals surface area contributed by atoms with E-state index in [2.05, 4.69) is 0 Å². The Balaban J connectivity index is 2.24. The van der Waals surface area contributed by atoms with Crippen LogP contribution in [-0.2, 0) is 0 Å². The van der Waals surface area contributed by atoms with Crippen LogP contribution < -0.4 is 4.90 Å².